The molecule has 0 fully saturated rings. The Morgan fingerprint density at radius 1 is 0.957 bits per heavy atom. The zero-order valence-electron chi connectivity index (χ0n) is 13.4. The van der Waals surface area contributed by atoms with Gasteiger partial charge in [-0.3, -0.25) is 9.59 Å². The molecule has 0 heterocycles. The summed E-state index contributed by atoms with van der Waals surface area (Å²) < 4.78 is 0. The maximum atomic E-state index is 11.7. The van der Waals surface area contributed by atoms with Gasteiger partial charge in [0.05, 0.1) is 12.6 Å². The van der Waals surface area contributed by atoms with Crippen LogP contribution in [0.3, 0.4) is 0 Å². The third kappa shape index (κ3) is 10.6. The Balaban J connectivity index is 4.10. The van der Waals surface area contributed by atoms with Crippen LogP contribution in [-0.4, -0.2) is 54.6 Å². The van der Waals surface area contributed by atoms with Gasteiger partial charge in [0.1, 0.15) is 6.04 Å². The molecule has 0 rings (SSSR count). The molecule has 2 amide bonds. The van der Waals surface area contributed by atoms with E-state index in [9.17, 15) is 14.4 Å². The zero-order valence-corrected chi connectivity index (χ0v) is 13.4. The molecule has 0 aliphatic rings. The number of nitrogens with one attached hydrogen (secondary N) is 2. The summed E-state index contributed by atoms with van der Waals surface area (Å²) in [5.74, 6) is -2.11. The van der Waals surface area contributed by atoms with Crippen molar-refractivity contribution in [3.05, 3.63) is 0 Å². The fourth-order valence-electron chi connectivity index (χ4n) is 1.93. The second kappa shape index (κ2) is 12.8. The summed E-state index contributed by atoms with van der Waals surface area (Å²) in [6, 6.07) is -1.68. The molecule has 0 bridgehead atoms. The maximum absolute atomic E-state index is 11.7. The summed E-state index contributed by atoms with van der Waals surface area (Å²) in [7, 11) is 0. The largest absolute Gasteiger partial charge is 0.480 e. The Hall–Kier alpha value is -1.71. The second-order valence-electron chi connectivity index (χ2n) is 5.35. The highest BCUT2D eigenvalue weighted by Gasteiger charge is 2.20. The van der Waals surface area contributed by atoms with E-state index in [1.165, 1.54) is 0 Å². The first-order chi connectivity index (χ1) is 10.9. The predicted molar refractivity (Wildman–Crippen MR) is 86.4 cm³/mol. The summed E-state index contributed by atoms with van der Waals surface area (Å²) in [6.45, 7) is 0.708. The van der Waals surface area contributed by atoms with Crippen LogP contribution in [0.15, 0.2) is 0 Å². The highest BCUT2D eigenvalue weighted by atomic mass is 16.4. The van der Waals surface area contributed by atoms with Crippen molar-refractivity contribution < 1.29 is 19.5 Å². The van der Waals surface area contributed by atoms with Crippen molar-refractivity contribution in [2.45, 2.75) is 50.6 Å². The summed E-state index contributed by atoms with van der Waals surface area (Å²) in [5, 5.41) is 13.8. The molecule has 0 aromatic carbocycles. The van der Waals surface area contributed by atoms with E-state index < -0.39 is 29.9 Å². The van der Waals surface area contributed by atoms with E-state index in [4.69, 9.17) is 22.3 Å². The Bertz CT molecular complexity index is 378. The van der Waals surface area contributed by atoms with Gasteiger partial charge in [0, 0.05) is 0 Å². The lowest BCUT2D eigenvalue weighted by Crippen LogP contribution is -2.48. The molecule has 2 atom stereocenters. The number of nitrogens with two attached hydrogens (primary N) is 3. The summed E-state index contributed by atoms with van der Waals surface area (Å²) in [5.41, 5.74) is 16.4. The lowest BCUT2D eigenvalue weighted by Gasteiger charge is -2.15. The third-order valence-electron chi connectivity index (χ3n) is 3.31. The van der Waals surface area contributed by atoms with E-state index in [1.54, 1.807) is 0 Å². The first-order valence-electron chi connectivity index (χ1n) is 7.88. The molecule has 9 N–H and O–H groups in total. The van der Waals surface area contributed by atoms with E-state index in [-0.39, 0.29) is 6.54 Å². The molecule has 0 radical (unpaired) electrons. The van der Waals surface area contributed by atoms with Crippen LogP contribution in [0.1, 0.15) is 38.5 Å². The van der Waals surface area contributed by atoms with Gasteiger partial charge in [0.25, 0.3) is 0 Å². The van der Waals surface area contributed by atoms with Gasteiger partial charge < -0.3 is 32.9 Å². The van der Waals surface area contributed by atoms with Crippen LogP contribution < -0.4 is 27.8 Å². The predicted octanol–water partition coefficient (Wildman–Crippen LogP) is -1.74. The van der Waals surface area contributed by atoms with Gasteiger partial charge in [-0.05, 0) is 45.2 Å². The van der Waals surface area contributed by atoms with Gasteiger partial charge in [-0.2, -0.15) is 0 Å². The first-order valence-corrected chi connectivity index (χ1v) is 7.88. The van der Waals surface area contributed by atoms with Crippen LogP contribution in [0.2, 0.25) is 0 Å². The van der Waals surface area contributed by atoms with Gasteiger partial charge >= 0.3 is 5.97 Å². The molecular formula is C14H29N5O4. The average molecular weight is 331 g/mol. The smallest absolute Gasteiger partial charge is 0.326 e. The third-order valence-corrected chi connectivity index (χ3v) is 3.31. The summed E-state index contributed by atoms with van der Waals surface area (Å²) in [6.07, 6.45) is 3.59. The van der Waals surface area contributed by atoms with Crippen LogP contribution in [0.25, 0.3) is 0 Å². The Morgan fingerprint density at radius 3 is 2.04 bits per heavy atom. The number of hydrogen-bond donors (Lipinski definition) is 6. The molecule has 0 saturated carbocycles. The number of aliphatic carboxylic acids is 1. The molecule has 0 saturated heterocycles. The number of carboxylic acid groups (broad SMARTS) is 1. The standard InChI is InChI=1S/C14H29N5O4/c15-7-3-1-5-10(17)13(21)18-9-12(20)19-11(14(22)23)6-2-4-8-16/h10-11H,1-9,15-17H2,(H,18,21)(H,19,20)(H,22,23)/t10-,11-/m0/s1. The number of carboxylic acids is 1. The van der Waals surface area contributed by atoms with E-state index in [0.29, 0.717) is 38.8 Å². The average Bonchev–Trinajstić information content (AvgIpc) is 2.51. The second-order valence-corrected chi connectivity index (χ2v) is 5.35. The topological polar surface area (TPSA) is 174 Å². The van der Waals surface area contributed by atoms with Crippen molar-refractivity contribution in [1.29, 1.82) is 0 Å². The Labute approximate surface area is 136 Å². The number of carbonyl (C=O) groups is 3. The molecule has 0 aromatic heterocycles. The molecule has 23 heavy (non-hydrogen) atoms. The normalized spacial score (nSPS) is 13.2. The lowest BCUT2D eigenvalue weighted by molar-refractivity contribution is -0.142. The Kier molecular flexibility index (Phi) is 11.8. The maximum Gasteiger partial charge on any atom is 0.326 e. The molecule has 9 nitrogen and oxygen atoms in total. The van der Waals surface area contributed by atoms with Crippen LogP contribution in [0.4, 0.5) is 0 Å². The fourth-order valence-corrected chi connectivity index (χ4v) is 1.93. The highest BCUT2D eigenvalue weighted by Crippen LogP contribution is 2.01. The van der Waals surface area contributed by atoms with E-state index in [2.05, 4.69) is 10.6 Å². The van der Waals surface area contributed by atoms with E-state index in [1.807, 2.05) is 0 Å². The molecule has 0 unspecified atom stereocenters. The van der Waals surface area contributed by atoms with Gasteiger partial charge in [-0.25, -0.2) is 4.79 Å². The van der Waals surface area contributed by atoms with Crippen molar-refractivity contribution in [2.24, 2.45) is 17.2 Å². The number of carbonyl (C=O) groups excluding carboxylic acids is 2. The first kappa shape index (κ1) is 21.3. The van der Waals surface area contributed by atoms with Crippen LogP contribution in [0, 0.1) is 0 Å². The highest BCUT2D eigenvalue weighted by molar-refractivity contribution is 5.89. The van der Waals surface area contributed by atoms with Crippen LogP contribution >= 0.6 is 0 Å². The van der Waals surface area contributed by atoms with Crippen molar-refractivity contribution in [3.8, 4) is 0 Å². The minimum Gasteiger partial charge on any atom is -0.480 e. The molecule has 0 spiro atoms. The molecule has 0 aliphatic carbocycles. The summed E-state index contributed by atoms with van der Waals surface area (Å²) in [4.78, 5) is 34.5. The molecule has 0 aliphatic heterocycles. The van der Waals surface area contributed by atoms with Crippen molar-refractivity contribution in [2.75, 3.05) is 19.6 Å². The van der Waals surface area contributed by atoms with Gasteiger partial charge in [0.2, 0.25) is 11.8 Å². The van der Waals surface area contributed by atoms with Gasteiger partial charge in [-0.1, -0.05) is 6.42 Å². The van der Waals surface area contributed by atoms with Crippen molar-refractivity contribution >= 4 is 17.8 Å². The SMILES string of the molecule is NCCCC[C@H](NC(=O)CNC(=O)[C@@H](N)CCCCN)C(=O)O. The number of hydrogen-bond acceptors (Lipinski definition) is 6. The fraction of sp³-hybridized carbons (Fsp3) is 0.786. The number of unbranched alkanes of at least 4 members (excludes halogenated alkanes) is 2. The molecular weight excluding hydrogens is 302 g/mol. The van der Waals surface area contributed by atoms with Crippen molar-refractivity contribution in [3.63, 3.8) is 0 Å². The number of amides is 2. The molecule has 0 aromatic rings. The van der Waals surface area contributed by atoms with Gasteiger partial charge in [0.15, 0.2) is 0 Å². The van der Waals surface area contributed by atoms with Crippen LogP contribution in [0.5, 0.6) is 0 Å². The lowest BCUT2D eigenvalue weighted by atomic mass is 10.1. The number of rotatable bonds is 13. The molecule has 9 heteroatoms. The monoisotopic (exact) mass is 331 g/mol. The summed E-state index contributed by atoms with van der Waals surface area (Å²) >= 11 is 0. The van der Waals surface area contributed by atoms with Gasteiger partial charge in [-0.15, -0.1) is 0 Å². The quantitative estimate of drug-likeness (QED) is 0.217. The Morgan fingerprint density at radius 2 is 1.52 bits per heavy atom. The van der Waals surface area contributed by atoms with Crippen LogP contribution in [-0.2, 0) is 14.4 Å². The molecule has 134 valence electrons. The minimum atomic E-state index is -1.11. The van der Waals surface area contributed by atoms with E-state index >= 15 is 0 Å². The van der Waals surface area contributed by atoms with E-state index in [0.717, 1.165) is 12.8 Å². The minimum absolute atomic E-state index is 0.296. The zero-order chi connectivity index (χ0) is 17.7. The van der Waals surface area contributed by atoms with Crippen molar-refractivity contribution in [1.82, 2.24) is 10.6 Å².